The van der Waals surface area contributed by atoms with Crippen molar-refractivity contribution < 1.29 is 4.79 Å². The van der Waals surface area contributed by atoms with E-state index < -0.39 is 0 Å². The van der Waals surface area contributed by atoms with Crippen LogP contribution in [0.5, 0.6) is 0 Å². The van der Waals surface area contributed by atoms with Crippen LogP contribution >= 0.6 is 12.2 Å². The summed E-state index contributed by atoms with van der Waals surface area (Å²) < 4.78 is 0. The summed E-state index contributed by atoms with van der Waals surface area (Å²) in [6.07, 6.45) is 4.68. The lowest BCUT2D eigenvalue weighted by molar-refractivity contribution is 0.0655. The Bertz CT molecular complexity index is 521. The Morgan fingerprint density at radius 2 is 1.95 bits per heavy atom. The third-order valence-corrected chi connectivity index (χ3v) is 4.22. The maximum absolute atomic E-state index is 12.9. The van der Waals surface area contributed by atoms with Gasteiger partial charge in [0, 0.05) is 23.7 Å². The molecule has 4 heteroatoms. The number of thiocarbonyl (C=S) groups is 1. The predicted molar refractivity (Wildman–Crippen MR) is 90.5 cm³/mol. The van der Waals surface area contributed by atoms with Gasteiger partial charge in [-0.25, -0.2) is 0 Å². The highest BCUT2D eigenvalue weighted by Crippen LogP contribution is 2.26. The maximum Gasteiger partial charge on any atom is 0.254 e. The Hall–Kier alpha value is -1.42. The second-order valence-corrected chi connectivity index (χ2v) is 6.67. The molecule has 0 aromatic heterocycles. The molecule has 2 N–H and O–H groups in total. The molecular weight excluding hydrogens is 280 g/mol. The zero-order valence-corrected chi connectivity index (χ0v) is 13.7. The molecule has 1 amide bonds. The Labute approximate surface area is 132 Å². The molecule has 0 bridgehead atoms. The minimum absolute atomic E-state index is 0.105. The molecule has 2 rings (SSSR count). The molecule has 1 fully saturated rings. The first-order valence-corrected chi connectivity index (χ1v) is 8.10. The van der Waals surface area contributed by atoms with Crippen LogP contribution in [0.1, 0.15) is 55.5 Å². The number of nitrogens with zero attached hydrogens (tertiary/aromatic N) is 1. The van der Waals surface area contributed by atoms with E-state index in [1.54, 1.807) is 0 Å². The first kappa shape index (κ1) is 16.0. The Balaban J connectivity index is 2.24. The number of carbonyl (C=O) groups is 1. The third-order valence-electron chi connectivity index (χ3n) is 3.98. The van der Waals surface area contributed by atoms with E-state index in [9.17, 15) is 4.79 Å². The summed E-state index contributed by atoms with van der Waals surface area (Å²) in [5.74, 6) is 0.571. The van der Waals surface area contributed by atoms with Crippen LogP contribution in [0.4, 0.5) is 0 Å². The van der Waals surface area contributed by atoms with Crippen molar-refractivity contribution in [3.8, 4) is 0 Å². The van der Waals surface area contributed by atoms with Gasteiger partial charge in [-0.15, -0.1) is 0 Å². The molecule has 1 aliphatic rings. The Morgan fingerprint density at radius 3 is 2.52 bits per heavy atom. The van der Waals surface area contributed by atoms with E-state index in [1.807, 2.05) is 24.3 Å². The summed E-state index contributed by atoms with van der Waals surface area (Å²) in [4.78, 5) is 15.3. The van der Waals surface area contributed by atoms with Crippen molar-refractivity contribution >= 4 is 23.1 Å². The maximum atomic E-state index is 12.9. The first-order valence-electron chi connectivity index (χ1n) is 7.70. The van der Waals surface area contributed by atoms with Gasteiger partial charge < -0.3 is 10.6 Å². The van der Waals surface area contributed by atoms with E-state index in [1.165, 1.54) is 12.8 Å². The molecule has 0 saturated heterocycles. The smallest absolute Gasteiger partial charge is 0.254 e. The summed E-state index contributed by atoms with van der Waals surface area (Å²) >= 11 is 5.00. The summed E-state index contributed by atoms with van der Waals surface area (Å²) in [6, 6.07) is 7.75. The number of rotatable bonds is 5. The quantitative estimate of drug-likeness (QED) is 0.848. The summed E-state index contributed by atoms with van der Waals surface area (Å²) in [7, 11) is 0. The van der Waals surface area contributed by atoms with Crippen LogP contribution in [-0.2, 0) is 0 Å². The second kappa shape index (κ2) is 7.03. The molecule has 0 spiro atoms. The molecule has 0 heterocycles. The van der Waals surface area contributed by atoms with E-state index in [2.05, 4.69) is 18.7 Å². The van der Waals surface area contributed by atoms with Crippen molar-refractivity contribution in [1.29, 1.82) is 0 Å². The van der Waals surface area contributed by atoms with E-state index >= 15 is 0 Å². The van der Waals surface area contributed by atoms with Gasteiger partial charge in [0.25, 0.3) is 5.91 Å². The molecule has 0 radical (unpaired) electrons. The third kappa shape index (κ3) is 4.03. The lowest BCUT2D eigenvalue weighted by Crippen LogP contribution is -2.41. The lowest BCUT2D eigenvalue weighted by atomic mass is 10.1. The summed E-state index contributed by atoms with van der Waals surface area (Å²) in [6.45, 7) is 5.11. The highest BCUT2D eigenvalue weighted by Gasteiger charge is 2.27. The van der Waals surface area contributed by atoms with Crippen molar-refractivity contribution in [2.45, 2.75) is 45.6 Å². The number of hydrogen-bond acceptors (Lipinski definition) is 2. The van der Waals surface area contributed by atoms with Gasteiger partial charge in [-0.05, 0) is 30.9 Å². The number of amides is 1. The number of hydrogen-bond donors (Lipinski definition) is 1. The molecule has 1 aromatic carbocycles. The fourth-order valence-electron chi connectivity index (χ4n) is 2.98. The van der Waals surface area contributed by atoms with Gasteiger partial charge >= 0.3 is 0 Å². The summed E-state index contributed by atoms with van der Waals surface area (Å²) in [5.41, 5.74) is 7.11. The molecule has 0 unspecified atom stereocenters. The topological polar surface area (TPSA) is 46.3 Å². The lowest BCUT2D eigenvalue weighted by Gasteiger charge is -2.31. The molecule has 21 heavy (non-hydrogen) atoms. The van der Waals surface area contributed by atoms with Crippen LogP contribution in [0, 0.1) is 5.92 Å². The molecular formula is C17H24N2OS. The SMILES string of the molecule is CC(C)CN(C(=O)c1cccc(C(N)=S)c1)C1CCCC1. The molecule has 1 aromatic rings. The average molecular weight is 304 g/mol. The average Bonchev–Trinajstić information content (AvgIpc) is 2.98. The zero-order valence-electron chi connectivity index (χ0n) is 12.8. The molecule has 114 valence electrons. The molecule has 0 aliphatic heterocycles. The van der Waals surface area contributed by atoms with Crippen molar-refractivity contribution in [3.63, 3.8) is 0 Å². The Morgan fingerprint density at radius 1 is 1.33 bits per heavy atom. The zero-order chi connectivity index (χ0) is 15.4. The monoisotopic (exact) mass is 304 g/mol. The Kier molecular flexibility index (Phi) is 5.34. The van der Waals surface area contributed by atoms with Crippen LogP contribution in [0.15, 0.2) is 24.3 Å². The van der Waals surface area contributed by atoms with Gasteiger partial charge in [-0.3, -0.25) is 4.79 Å². The molecule has 3 nitrogen and oxygen atoms in total. The largest absolute Gasteiger partial charge is 0.389 e. The fourth-order valence-corrected chi connectivity index (χ4v) is 3.11. The number of nitrogens with two attached hydrogens (primary N) is 1. The second-order valence-electron chi connectivity index (χ2n) is 6.23. The normalized spacial score (nSPS) is 15.4. The number of carbonyl (C=O) groups excluding carboxylic acids is 1. The van der Waals surface area contributed by atoms with Crippen molar-refractivity contribution in [3.05, 3.63) is 35.4 Å². The van der Waals surface area contributed by atoms with Gasteiger partial charge in [-0.1, -0.05) is 51.0 Å². The van der Waals surface area contributed by atoms with Crippen LogP contribution in [0.3, 0.4) is 0 Å². The van der Waals surface area contributed by atoms with E-state index in [4.69, 9.17) is 18.0 Å². The minimum atomic E-state index is 0.105. The van der Waals surface area contributed by atoms with E-state index in [-0.39, 0.29) is 5.91 Å². The molecule has 1 saturated carbocycles. The van der Waals surface area contributed by atoms with Gasteiger partial charge in [0.1, 0.15) is 4.99 Å². The van der Waals surface area contributed by atoms with Crippen LogP contribution in [0.2, 0.25) is 0 Å². The molecule has 0 atom stereocenters. The van der Waals surface area contributed by atoms with Crippen molar-refractivity contribution in [2.24, 2.45) is 11.7 Å². The van der Waals surface area contributed by atoms with Gasteiger partial charge in [0.2, 0.25) is 0 Å². The van der Waals surface area contributed by atoms with E-state index in [0.29, 0.717) is 22.5 Å². The molecule has 1 aliphatic carbocycles. The van der Waals surface area contributed by atoms with Crippen LogP contribution in [-0.4, -0.2) is 28.4 Å². The minimum Gasteiger partial charge on any atom is -0.389 e. The fraction of sp³-hybridized carbons (Fsp3) is 0.529. The predicted octanol–water partition coefficient (Wildman–Crippen LogP) is 3.36. The van der Waals surface area contributed by atoms with Gasteiger partial charge in [-0.2, -0.15) is 0 Å². The van der Waals surface area contributed by atoms with Crippen LogP contribution in [0.25, 0.3) is 0 Å². The van der Waals surface area contributed by atoms with E-state index in [0.717, 1.165) is 24.9 Å². The van der Waals surface area contributed by atoms with Crippen LogP contribution < -0.4 is 5.73 Å². The standard InChI is InChI=1S/C17H24N2OS/c1-12(2)11-19(15-8-3-4-9-15)17(20)14-7-5-6-13(10-14)16(18)21/h5-7,10,12,15H,3-4,8-9,11H2,1-2H3,(H2,18,21). The highest BCUT2D eigenvalue weighted by atomic mass is 32.1. The summed E-state index contributed by atoms with van der Waals surface area (Å²) in [5, 5.41) is 0. The van der Waals surface area contributed by atoms with Crippen molar-refractivity contribution in [2.75, 3.05) is 6.54 Å². The van der Waals surface area contributed by atoms with Gasteiger partial charge in [0.05, 0.1) is 0 Å². The number of benzene rings is 1. The highest BCUT2D eigenvalue weighted by molar-refractivity contribution is 7.80. The van der Waals surface area contributed by atoms with Crippen molar-refractivity contribution in [1.82, 2.24) is 4.90 Å². The first-order chi connectivity index (χ1) is 9.99. The van der Waals surface area contributed by atoms with Gasteiger partial charge in [0.15, 0.2) is 0 Å².